The third-order valence-corrected chi connectivity index (χ3v) is 10.3. The van der Waals surface area contributed by atoms with Gasteiger partial charge in [-0.25, -0.2) is 9.78 Å². The van der Waals surface area contributed by atoms with Crippen molar-refractivity contribution in [2.45, 2.75) is 82.6 Å². The summed E-state index contributed by atoms with van der Waals surface area (Å²) in [5.74, 6) is -7.56. The molecule has 0 fully saturated rings. The van der Waals surface area contributed by atoms with E-state index in [9.17, 15) is 58.5 Å². The molecule has 1 aromatic heterocycles. The average molecular weight is 913 g/mol. The van der Waals surface area contributed by atoms with E-state index >= 15 is 0 Å². The molecule has 5 atom stereocenters. The number of hydrogen-bond donors (Lipinski definition) is 11. The number of amides is 6. The fourth-order valence-corrected chi connectivity index (χ4v) is 7.09. The number of imidazole rings is 1. The number of aliphatic hydroxyl groups excluding tert-OH is 1. The van der Waals surface area contributed by atoms with E-state index in [4.69, 9.17) is 15.3 Å². The Morgan fingerprint density at radius 3 is 2.20 bits per heavy atom. The number of aromatic hydroxyl groups is 1. The van der Waals surface area contributed by atoms with Crippen molar-refractivity contribution < 1.29 is 63.2 Å². The maximum Gasteiger partial charge on any atom is 0.336 e. The Kier molecular flexibility index (Phi) is 16.3. The normalized spacial score (nSPS) is 13.4. The van der Waals surface area contributed by atoms with Gasteiger partial charge in [0.15, 0.2) is 5.43 Å². The van der Waals surface area contributed by atoms with Gasteiger partial charge in [-0.2, -0.15) is 0 Å². The van der Waals surface area contributed by atoms with E-state index in [1.165, 1.54) is 81.0 Å². The third kappa shape index (κ3) is 12.7. The van der Waals surface area contributed by atoms with E-state index in [1.807, 2.05) is 0 Å². The molecule has 0 saturated carbocycles. The molecule has 2 aromatic carbocycles. The topological polar surface area (TPSA) is 363 Å². The Labute approximate surface area is 374 Å². The standard InChI is InChI=1S/C44H48N8O14/c1-21(53)38(43(63)51-33(16-24-19-46-20-48-24)42(62)50-31(39(45)59)12-13-36(57)58)52-41(61)32(49-22(2)54)5-3-4-14-47-40(60)23-6-9-27(44(64)65)30(15-23)37-28-10-7-25(55)17-34(28)66-35-18-26(56)8-11-29(35)37/h6-11,15,17-21,31-33,38,53,55H,3-5,12-14,16H2,1-2H3,(H2,45,59)(H,46,48)(H,47,60)(H,49,54)(H,50,62)(H,51,63)(H,52,61)(H,57,58)(H,64,65)/t21-,31+,32+,33+,38+/m0/s1. The number of aromatic nitrogens is 2. The second-order valence-electron chi connectivity index (χ2n) is 15.4. The molecule has 348 valence electrons. The van der Waals surface area contributed by atoms with Crippen LogP contribution in [0.2, 0.25) is 0 Å². The molecule has 0 bridgehead atoms. The number of aromatic carboxylic acids is 1. The fraction of sp³-hybridized carbons (Fsp3) is 0.318. The molecule has 1 aliphatic carbocycles. The van der Waals surface area contributed by atoms with Gasteiger partial charge in [0.2, 0.25) is 29.5 Å². The number of H-pyrrole nitrogens is 1. The van der Waals surface area contributed by atoms with Gasteiger partial charge in [0.1, 0.15) is 41.3 Å². The van der Waals surface area contributed by atoms with Gasteiger partial charge in [-0.1, -0.05) is 0 Å². The zero-order valence-electron chi connectivity index (χ0n) is 35.6. The van der Waals surface area contributed by atoms with Gasteiger partial charge in [-0.3, -0.25) is 38.4 Å². The highest BCUT2D eigenvalue weighted by molar-refractivity contribution is 6.09. The maximum absolute atomic E-state index is 13.6. The Hall–Kier alpha value is -8.14. The number of carboxylic acid groups (broad SMARTS) is 2. The largest absolute Gasteiger partial charge is 0.508 e. The van der Waals surface area contributed by atoms with Gasteiger partial charge in [0, 0.05) is 72.4 Å². The number of benzene rings is 3. The molecule has 12 N–H and O–H groups in total. The Morgan fingerprint density at radius 2 is 1.55 bits per heavy atom. The summed E-state index contributed by atoms with van der Waals surface area (Å²) in [6.45, 7) is 2.43. The van der Waals surface area contributed by atoms with Crippen LogP contribution in [0.5, 0.6) is 5.75 Å². The number of phenolic OH excluding ortho intramolecular Hbond substituents is 1. The number of unbranched alkanes of at least 4 members (excludes halogenated alkanes) is 1. The minimum absolute atomic E-state index is 0.00241. The lowest BCUT2D eigenvalue weighted by molar-refractivity contribution is -0.138. The zero-order chi connectivity index (χ0) is 48.2. The van der Waals surface area contributed by atoms with Crippen molar-refractivity contribution in [2.24, 2.45) is 5.73 Å². The minimum Gasteiger partial charge on any atom is -0.508 e. The van der Waals surface area contributed by atoms with Crippen LogP contribution < -0.4 is 37.7 Å². The van der Waals surface area contributed by atoms with Crippen LogP contribution in [0.1, 0.15) is 72.4 Å². The van der Waals surface area contributed by atoms with Crippen LogP contribution >= 0.6 is 0 Å². The smallest absolute Gasteiger partial charge is 0.336 e. The molecule has 0 spiro atoms. The highest BCUT2D eigenvalue weighted by atomic mass is 16.4. The molecular weight excluding hydrogens is 865 g/mol. The second kappa shape index (κ2) is 22.0. The van der Waals surface area contributed by atoms with Crippen LogP contribution in [0.15, 0.2) is 76.3 Å². The van der Waals surface area contributed by atoms with Crippen LogP contribution in [-0.2, 0) is 35.2 Å². The molecule has 5 rings (SSSR count). The van der Waals surface area contributed by atoms with E-state index < -0.39 is 84.1 Å². The van der Waals surface area contributed by atoms with Gasteiger partial charge in [-0.05, 0) is 80.6 Å². The SMILES string of the molecule is CC(=O)N[C@H](CCCCNC(=O)c1ccc(C(=O)O)c(-c2c3ccc(=O)cc-3oc3cc(O)ccc23)c1)C(=O)N[C@@H](C(=O)N[C@H](Cc1cnc[nH]1)C(=O)N[C@H](CCC(=O)O)C(N)=O)[C@H](C)O. The van der Waals surface area contributed by atoms with E-state index in [0.717, 1.165) is 0 Å². The first-order valence-corrected chi connectivity index (χ1v) is 20.5. The Morgan fingerprint density at radius 1 is 0.818 bits per heavy atom. The molecule has 6 amide bonds. The minimum atomic E-state index is -1.67. The number of nitrogens with zero attached hydrogens (tertiary/aromatic N) is 1. The van der Waals surface area contributed by atoms with Crippen LogP contribution in [0, 0.1) is 0 Å². The molecule has 0 radical (unpaired) electrons. The number of hydrogen-bond acceptors (Lipinski definition) is 13. The monoisotopic (exact) mass is 912 g/mol. The first kappa shape index (κ1) is 48.9. The van der Waals surface area contributed by atoms with Crippen molar-refractivity contribution >= 4 is 58.4 Å². The Balaban J connectivity index is 1.25. The summed E-state index contributed by atoms with van der Waals surface area (Å²) in [7, 11) is 0. The predicted octanol–water partition coefficient (Wildman–Crippen LogP) is 0.525. The van der Waals surface area contributed by atoms with Gasteiger partial charge < -0.3 is 62.1 Å². The number of carbonyl (C=O) groups is 8. The van der Waals surface area contributed by atoms with E-state index in [-0.39, 0.29) is 77.9 Å². The number of aliphatic carboxylic acids is 1. The van der Waals surface area contributed by atoms with E-state index in [2.05, 4.69) is 36.6 Å². The molecular formula is C44H48N8O14. The molecule has 0 unspecified atom stereocenters. The number of primary amides is 1. The van der Waals surface area contributed by atoms with E-state index in [0.29, 0.717) is 22.2 Å². The van der Waals surface area contributed by atoms with Crippen molar-refractivity contribution in [1.82, 2.24) is 36.6 Å². The molecule has 22 nitrogen and oxygen atoms in total. The molecule has 3 aromatic rings. The lowest BCUT2D eigenvalue weighted by atomic mass is 9.89. The highest BCUT2D eigenvalue weighted by Gasteiger charge is 2.34. The van der Waals surface area contributed by atoms with Crippen LogP contribution in [-0.4, -0.2) is 115 Å². The number of carbonyl (C=O) groups excluding carboxylic acids is 6. The number of rotatable bonds is 22. The lowest BCUT2D eigenvalue weighted by Crippen LogP contribution is -2.60. The molecule has 66 heavy (non-hydrogen) atoms. The van der Waals surface area contributed by atoms with Crippen LogP contribution in [0.4, 0.5) is 0 Å². The summed E-state index contributed by atoms with van der Waals surface area (Å²) in [4.78, 5) is 120. The molecule has 22 heteroatoms. The average Bonchev–Trinajstić information content (AvgIpc) is 3.77. The van der Waals surface area contributed by atoms with Crippen molar-refractivity contribution in [3.05, 3.63) is 94.2 Å². The molecule has 1 aliphatic heterocycles. The highest BCUT2D eigenvalue weighted by Crippen LogP contribution is 2.42. The van der Waals surface area contributed by atoms with Gasteiger partial charge in [0.25, 0.3) is 5.91 Å². The van der Waals surface area contributed by atoms with Crippen molar-refractivity contribution in [2.75, 3.05) is 6.54 Å². The first-order valence-electron chi connectivity index (χ1n) is 20.5. The van der Waals surface area contributed by atoms with Crippen molar-refractivity contribution in [3.63, 3.8) is 0 Å². The van der Waals surface area contributed by atoms with E-state index in [1.54, 1.807) is 0 Å². The summed E-state index contributed by atoms with van der Waals surface area (Å²) < 4.78 is 5.88. The first-order chi connectivity index (χ1) is 31.3. The summed E-state index contributed by atoms with van der Waals surface area (Å²) in [5.41, 5.74) is 6.32. The van der Waals surface area contributed by atoms with Gasteiger partial charge in [-0.15, -0.1) is 0 Å². The zero-order valence-corrected chi connectivity index (χ0v) is 35.6. The van der Waals surface area contributed by atoms with Gasteiger partial charge >= 0.3 is 11.9 Å². The number of phenols is 1. The van der Waals surface area contributed by atoms with Gasteiger partial charge in [0.05, 0.1) is 18.0 Å². The predicted molar refractivity (Wildman–Crippen MR) is 233 cm³/mol. The Bertz CT molecular complexity index is 2660. The summed E-state index contributed by atoms with van der Waals surface area (Å²) in [5, 5.41) is 52.7. The molecule has 2 heterocycles. The number of fused-ring (bicyclic) bond motifs is 2. The number of nitrogens with one attached hydrogen (secondary N) is 6. The fourth-order valence-electron chi connectivity index (χ4n) is 7.09. The maximum atomic E-state index is 13.6. The van der Waals surface area contributed by atoms with Crippen molar-refractivity contribution in [1.29, 1.82) is 0 Å². The van der Waals surface area contributed by atoms with Crippen LogP contribution in [0.25, 0.3) is 33.4 Å². The molecule has 0 saturated heterocycles. The quantitative estimate of drug-likeness (QED) is 0.0333. The summed E-state index contributed by atoms with van der Waals surface area (Å²) >= 11 is 0. The molecule has 2 aliphatic rings. The number of aromatic amines is 1. The summed E-state index contributed by atoms with van der Waals surface area (Å²) in [6, 6.07) is 6.49. The van der Waals surface area contributed by atoms with Crippen molar-refractivity contribution in [3.8, 4) is 28.2 Å². The third-order valence-electron chi connectivity index (χ3n) is 10.3. The van der Waals surface area contributed by atoms with Crippen LogP contribution in [0.3, 0.4) is 0 Å². The number of carboxylic acids is 2. The number of nitrogens with two attached hydrogens (primary N) is 1. The summed E-state index contributed by atoms with van der Waals surface area (Å²) in [6.07, 6.45) is 0.602. The lowest BCUT2D eigenvalue weighted by Gasteiger charge is -2.27. The number of aliphatic hydroxyl groups is 1. The second-order valence-corrected chi connectivity index (χ2v) is 15.4.